The first kappa shape index (κ1) is 16.8. The average Bonchev–Trinajstić information content (AvgIpc) is 2.48. The number of ether oxygens (including phenoxy) is 3. The molecule has 4 heteroatoms. The van der Waals surface area contributed by atoms with Crippen molar-refractivity contribution in [3.8, 4) is 11.5 Å². The molecule has 1 aromatic rings. The van der Waals surface area contributed by atoms with Gasteiger partial charge in [0.2, 0.25) is 0 Å². The van der Waals surface area contributed by atoms with Gasteiger partial charge in [0.1, 0.15) is 38.4 Å². The second-order valence-corrected chi connectivity index (χ2v) is 5.99. The van der Waals surface area contributed by atoms with Crippen LogP contribution in [0.25, 0.3) is 0 Å². The van der Waals surface area contributed by atoms with Crippen LogP contribution in [0.15, 0.2) is 30.9 Å². The van der Waals surface area contributed by atoms with Crippen molar-refractivity contribution in [2.24, 2.45) is 0 Å². The minimum Gasteiger partial charge on any atom is -0.493 e. The summed E-state index contributed by atoms with van der Waals surface area (Å²) in [5.74, 6) is 1.60. The average molecular weight is 306 g/mol. The normalized spacial score (nSPS) is 24.8. The molecule has 0 aliphatic carbocycles. The quantitative estimate of drug-likeness (QED) is 0.775. The maximum atomic E-state index is 5.92. The summed E-state index contributed by atoms with van der Waals surface area (Å²) in [7, 11) is 1.68. The number of benzene rings is 1. The van der Waals surface area contributed by atoms with Gasteiger partial charge in [0.25, 0.3) is 0 Å². The predicted octanol–water partition coefficient (Wildman–Crippen LogP) is 1.49. The molecule has 0 amide bonds. The lowest BCUT2D eigenvalue weighted by Gasteiger charge is -2.32. The summed E-state index contributed by atoms with van der Waals surface area (Å²) >= 11 is 0. The molecule has 1 saturated heterocycles. The smallest absolute Gasteiger partial charge is 0.161 e. The Morgan fingerprint density at radius 3 is 2.64 bits per heavy atom. The summed E-state index contributed by atoms with van der Waals surface area (Å²) in [5, 5.41) is 0. The lowest BCUT2D eigenvalue weighted by atomic mass is 10.1. The standard InChI is InChI=1S/C18H27NO3/c1-5-6-16-7-8-17(18(11-16)20-4)21-10-9-19-12-14(2)22-15(3)13-19/h5,7-8,11,14-15H,1,6,9-10,12-13H2,2-4H3/p+1/t14-,15+. The third kappa shape index (κ3) is 4.75. The Balaban J connectivity index is 1.87. The van der Waals surface area contributed by atoms with Crippen LogP contribution >= 0.6 is 0 Å². The molecular weight excluding hydrogens is 278 g/mol. The van der Waals surface area contributed by atoms with E-state index in [4.69, 9.17) is 14.2 Å². The minimum atomic E-state index is 0.325. The Morgan fingerprint density at radius 1 is 1.27 bits per heavy atom. The van der Waals surface area contributed by atoms with Crippen molar-refractivity contribution in [3.63, 3.8) is 0 Å². The van der Waals surface area contributed by atoms with Crippen LogP contribution in [-0.4, -0.2) is 45.6 Å². The summed E-state index contributed by atoms with van der Waals surface area (Å²) in [4.78, 5) is 1.54. The van der Waals surface area contributed by atoms with Crippen LogP contribution in [0.4, 0.5) is 0 Å². The molecule has 1 N–H and O–H groups in total. The highest BCUT2D eigenvalue weighted by Gasteiger charge is 2.25. The number of hydrogen-bond donors (Lipinski definition) is 1. The SMILES string of the molecule is C=CCc1ccc(OCC[NH+]2C[C@@H](C)O[C@@H](C)C2)c(OC)c1. The first-order valence-electron chi connectivity index (χ1n) is 8.02. The summed E-state index contributed by atoms with van der Waals surface area (Å²) in [6.45, 7) is 11.8. The van der Waals surface area contributed by atoms with Gasteiger partial charge >= 0.3 is 0 Å². The lowest BCUT2D eigenvalue weighted by Crippen LogP contribution is -3.16. The van der Waals surface area contributed by atoms with E-state index in [0.717, 1.165) is 37.6 Å². The second kappa shape index (κ2) is 8.20. The van der Waals surface area contributed by atoms with E-state index in [1.807, 2.05) is 18.2 Å². The van der Waals surface area contributed by atoms with Crippen LogP contribution in [0.5, 0.6) is 11.5 Å². The van der Waals surface area contributed by atoms with Gasteiger partial charge in [-0.15, -0.1) is 6.58 Å². The maximum Gasteiger partial charge on any atom is 0.161 e. The molecule has 1 fully saturated rings. The maximum absolute atomic E-state index is 5.92. The molecule has 1 aromatic carbocycles. The summed E-state index contributed by atoms with van der Waals surface area (Å²) in [6.07, 6.45) is 3.38. The fourth-order valence-corrected chi connectivity index (χ4v) is 3.02. The van der Waals surface area contributed by atoms with Gasteiger partial charge in [-0.25, -0.2) is 0 Å². The van der Waals surface area contributed by atoms with Gasteiger partial charge in [-0.1, -0.05) is 12.1 Å². The van der Waals surface area contributed by atoms with Crippen molar-refractivity contribution in [3.05, 3.63) is 36.4 Å². The Labute approximate surface area is 133 Å². The zero-order valence-electron chi connectivity index (χ0n) is 13.9. The van der Waals surface area contributed by atoms with Crippen LogP contribution in [0.2, 0.25) is 0 Å². The lowest BCUT2D eigenvalue weighted by molar-refractivity contribution is -0.915. The number of allylic oxidation sites excluding steroid dienone is 1. The Morgan fingerprint density at radius 2 is 2.00 bits per heavy atom. The molecule has 1 heterocycles. The predicted molar refractivity (Wildman–Crippen MR) is 88.0 cm³/mol. The van der Waals surface area contributed by atoms with Crippen molar-refractivity contribution in [1.29, 1.82) is 0 Å². The molecule has 2 rings (SSSR count). The first-order chi connectivity index (χ1) is 10.6. The van der Waals surface area contributed by atoms with Gasteiger partial charge in [0, 0.05) is 0 Å². The molecule has 0 spiro atoms. The molecular formula is C18H28NO3+. The minimum absolute atomic E-state index is 0.325. The molecule has 1 aliphatic heterocycles. The van der Waals surface area contributed by atoms with Crippen LogP contribution in [-0.2, 0) is 11.2 Å². The van der Waals surface area contributed by atoms with Gasteiger partial charge < -0.3 is 19.1 Å². The highest BCUT2D eigenvalue weighted by atomic mass is 16.5. The van der Waals surface area contributed by atoms with Crippen LogP contribution in [0, 0.1) is 0 Å². The Kier molecular flexibility index (Phi) is 6.28. The van der Waals surface area contributed by atoms with Gasteiger partial charge in [-0.05, 0) is 38.0 Å². The number of hydrogen-bond acceptors (Lipinski definition) is 3. The zero-order valence-corrected chi connectivity index (χ0v) is 13.9. The van der Waals surface area contributed by atoms with Crippen molar-refractivity contribution >= 4 is 0 Å². The number of methoxy groups -OCH3 is 1. The second-order valence-electron chi connectivity index (χ2n) is 5.99. The number of rotatable bonds is 7. The summed E-state index contributed by atoms with van der Waals surface area (Å²) < 4.78 is 17.1. The van der Waals surface area contributed by atoms with Crippen molar-refractivity contribution < 1.29 is 19.1 Å². The Hall–Kier alpha value is -1.52. The molecule has 22 heavy (non-hydrogen) atoms. The summed E-state index contributed by atoms with van der Waals surface area (Å²) in [5.41, 5.74) is 1.18. The van der Waals surface area contributed by atoms with Gasteiger partial charge in [-0.3, -0.25) is 0 Å². The molecule has 4 nitrogen and oxygen atoms in total. The van der Waals surface area contributed by atoms with E-state index in [1.54, 1.807) is 7.11 Å². The van der Waals surface area contributed by atoms with E-state index in [9.17, 15) is 0 Å². The van der Waals surface area contributed by atoms with Crippen LogP contribution < -0.4 is 14.4 Å². The van der Waals surface area contributed by atoms with Gasteiger partial charge in [0.05, 0.1) is 7.11 Å². The van der Waals surface area contributed by atoms with Crippen LogP contribution in [0.3, 0.4) is 0 Å². The molecule has 0 saturated carbocycles. The number of morpholine rings is 1. The highest BCUT2D eigenvalue weighted by molar-refractivity contribution is 5.43. The van der Waals surface area contributed by atoms with E-state index < -0.39 is 0 Å². The zero-order chi connectivity index (χ0) is 15.9. The number of quaternary nitrogens is 1. The molecule has 1 aliphatic rings. The molecule has 0 radical (unpaired) electrons. The molecule has 0 aromatic heterocycles. The largest absolute Gasteiger partial charge is 0.493 e. The molecule has 0 bridgehead atoms. The van der Waals surface area contributed by atoms with Gasteiger partial charge in [0.15, 0.2) is 11.5 Å². The third-order valence-electron chi connectivity index (χ3n) is 3.94. The fourth-order valence-electron chi connectivity index (χ4n) is 3.02. The highest BCUT2D eigenvalue weighted by Crippen LogP contribution is 2.28. The van der Waals surface area contributed by atoms with E-state index in [1.165, 1.54) is 10.5 Å². The fraction of sp³-hybridized carbons (Fsp3) is 0.556. The van der Waals surface area contributed by atoms with Crippen molar-refractivity contribution in [2.45, 2.75) is 32.5 Å². The van der Waals surface area contributed by atoms with E-state index >= 15 is 0 Å². The first-order valence-corrected chi connectivity index (χ1v) is 8.02. The number of nitrogens with one attached hydrogen (secondary N) is 1. The Bertz CT molecular complexity index is 479. The van der Waals surface area contributed by atoms with Crippen molar-refractivity contribution in [2.75, 3.05) is 33.4 Å². The topological polar surface area (TPSA) is 32.1 Å². The van der Waals surface area contributed by atoms with Crippen molar-refractivity contribution in [1.82, 2.24) is 0 Å². The third-order valence-corrected chi connectivity index (χ3v) is 3.94. The van der Waals surface area contributed by atoms with Crippen LogP contribution in [0.1, 0.15) is 19.4 Å². The molecule has 3 atom stereocenters. The van der Waals surface area contributed by atoms with E-state index in [2.05, 4.69) is 26.5 Å². The van der Waals surface area contributed by atoms with E-state index in [-0.39, 0.29) is 0 Å². The van der Waals surface area contributed by atoms with Gasteiger partial charge in [-0.2, -0.15) is 0 Å². The molecule has 122 valence electrons. The van der Waals surface area contributed by atoms with E-state index in [0.29, 0.717) is 18.8 Å². The molecule has 1 unspecified atom stereocenters. The summed E-state index contributed by atoms with van der Waals surface area (Å²) in [6, 6.07) is 6.06. The monoisotopic (exact) mass is 306 g/mol.